The first-order chi connectivity index (χ1) is 4.86. The molecule has 4 atom stereocenters. The van der Waals surface area contributed by atoms with Gasteiger partial charge in [0.05, 0.1) is 5.92 Å². The molecular formula is C8H9NO. The maximum absolute atomic E-state index is 11.0. The molecule has 52 valence electrons. The van der Waals surface area contributed by atoms with Crippen LogP contribution in [0.3, 0.4) is 0 Å². The Morgan fingerprint density at radius 2 is 2.20 bits per heavy atom. The number of carbonyl (C=O) groups is 1. The first kappa shape index (κ1) is 4.94. The minimum absolute atomic E-state index is 0.279. The number of rotatable bonds is 0. The molecular weight excluding hydrogens is 126 g/mol. The fourth-order valence-electron chi connectivity index (χ4n) is 2.54. The lowest BCUT2D eigenvalue weighted by molar-refractivity contribution is -0.135. The van der Waals surface area contributed by atoms with Crippen molar-refractivity contribution in [1.82, 2.24) is 5.32 Å². The predicted octanol–water partition coefficient (Wildman–Crippen LogP) is 0.307. The highest BCUT2D eigenvalue weighted by atomic mass is 16.2. The Morgan fingerprint density at radius 3 is 2.80 bits per heavy atom. The van der Waals surface area contributed by atoms with Gasteiger partial charge in [0.15, 0.2) is 0 Å². The average molecular weight is 135 g/mol. The fraction of sp³-hybridized carbons (Fsp3) is 0.625. The summed E-state index contributed by atoms with van der Waals surface area (Å²) in [5, 5.41) is 2.95. The number of hydrogen-bond acceptors (Lipinski definition) is 1. The van der Waals surface area contributed by atoms with Crippen LogP contribution in [0.15, 0.2) is 12.2 Å². The molecule has 0 aromatic rings. The van der Waals surface area contributed by atoms with Gasteiger partial charge in [-0.15, -0.1) is 0 Å². The number of β-lactam (4-membered cyclic amide) rings is 1. The monoisotopic (exact) mass is 135 g/mol. The smallest absolute Gasteiger partial charge is 0.226 e. The first-order valence-corrected chi connectivity index (χ1v) is 3.85. The third-order valence-electron chi connectivity index (χ3n) is 3.07. The van der Waals surface area contributed by atoms with Crippen LogP contribution in [-0.4, -0.2) is 11.9 Å². The molecule has 1 saturated carbocycles. The molecule has 1 aliphatic heterocycles. The molecule has 1 amide bonds. The molecule has 2 fully saturated rings. The second kappa shape index (κ2) is 1.29. The Balaban J connectivity index is 2.03. The number of amides is 1. The van der Waals surface area contributed by atoms with Crippen molar-refractivity contribution in [2.45, 2.75) is 12.5 Å². The van der Waals surface area contributed by atoms with Gasteiger partial charge in [-0.2, -0.15) is 0 Å². The molecule has 0 aromatic carbocycles. The summed E-state index contributed by atoms with van der Waals surface area (Å²) in [6, 6.07) is 0.516. The van der Waals surface area contributed by atoms with Gasteiger partial charge in [-0.3, -0.25) is 4.79 Å². The van der Waals surface area contributed by atoms with Crippen LogP contribution in [-0.2, 0) is 4.79 Å². The van der Waals surface area contributed by atoms with Crippen molar-refractivity contribution in [2.75, 3.05) is 0 Å². The lowest BCUT2D eigenvalue weighted by Gasteiger charge is -2.37. The average Bonchev–Trinajstić information content (AvgIpc) is 2.40. The zero-order chi connectivity index (χ0) is 6.72. The van der Waals surface area contributed by atoms with E-state index in [9.17, 15) is 4.79 Å². The normalized spacial score (nSPS) is 54.2. The number of nitrogens with one attached hydrogen (secondary N) is 1. The van der Waals surface area contributed by atoms with Gasteiger partial charge in [0.2, 0.25) is 5.91 Å². The van der Waals surface area contributed by atoms with E-state index in [1.54, 1.807) is 0 Å². The van der Waals surface area contributed by atoms with E-state index in [0.29, 0.717) is 23.8 Å². The molecule has 10 heavy (non-hydrogen) atoms. The van der Waals surface area contributed by atoms with Gasteiger partial charge >= 0.3 is 0 Å². The lowest BCUT2D eigenvalue weighted by atomic mass is 9.82. The van der Waals surface area contributed by atoms with Crippen LogP contribution in [0.25, 0.3) is 0 Å². The molecule has 0 radical (unpaired) electrons. The van der Waals surface area contributed by atoms with Gasteiger partial charge in [-0.25, -0.2) is 0 Å². The predicted molar refractivity (Wildman–Crippen MR) is 36.2 cm³/mol. The van der Waals surface area contributed by atoms with Crippen molar-refractivity contribution in [3.63, 3.8) is 0 Å². The van der Waals surface area contributed by atoms with Gasteiger partial charge in [0, 0.05) is 6.04 Å². The van der Waals surface area contributed by atoms with Crippen LogP contribution in [0.2, 0.25) is 0 Å². The maximum atomic E-state index is 11.0. The summed E-state index contributed by atoms with van der Waals surface area (Å²) in [7, 11) is 0. The van der Waals surface area contributed by atoms with Crippen molar-refractivity contribution < 1.29 is 4.79 Å². The van der Waals surface area contributed by atoms with E-state index in [-0.39, 0.29) is 5.91 Å². The largest absolute Gasteiger partial charge is 0.352 e. The minimum atomic E-state index is 0.279. The van der Waals surface area contributed by atoms with Crippen LogP contribution < -0.4 is 5.32 Å². The molecule has 2 heteroatoms. The van der Waals surface area contributed by atoms with Gasteiger partial charge < -0.3 is 5.32 Å². The van der Waals surface area contributed by atoms with E-state index in [0.717, 1.165) is 0 Å². The quantitative estimate of drug-likeness (QED) is 0.376. The molecule has 3 rings (SSSR count). The lowest BCUT2D eigenvalue weighted by Crippen LogP contribution is -2.59. The molecule has 1 heterocycles. The van der Waals surface area contributed by atoms with E-state index in [1.807, 2.05) is 0 Å². The van der Waals surface area contributed by atoms with Gasteiger partial charge in [0.1, 0.15) is 0 Å². The van der Waals surface area contributed by atoms with Crippen molar-refractivity contribution in [2.24, 2.45) is 17.8 Å². The highest BCUT2D eigenvalue weighted by molar-refractivity contribution is 5.87. The fourth-order valence-corrected chi connectivity index (χ4v) is 2.54. The maximum Gasteiger partial charge on any atom is 0.226 e. The second-order valence-electron chi connectivity index (χ2n) is 3.51. The Hall–Kier alpha value is -0.790. The van der Waals surface area contributed by atoms with Gasteiger partial charge in [0.25, 0.3) is 0 Å². The summed E-state index contributed by atoms with van der Waals surface area (Å²) in [5.41, 5.74) is 0. The molecule has 2 bridgehead atoms. The van der Waals surface area contributed by atoms with Crippen LogP contribution >= 0.6 is 0 Å². The zero-order valence-electron chi connectivity index (χ0n) is 5.58. The van der Waals surface area contributed by atoms with Crippen molar-refractivity contribution in [3.05, 3.63) is 12.2 Å². The van der Waals surface area contributed by atoms with Crippen LogP contribution in [0.4, 0.5) is 0 Å². The van der Waals surface area contributed by atoms with E-state index < -0.39 is 0 Å². The van der Waals surface area contributed by atoms with Gasteiger partial charge in [-0.05, 0) is 18.3 Å². The molecule has 1 N–H and O–H groups in total. The third-order valence-corrected chi connectivity index (χ3v) is 3.07. The molecule has 2 nitrogen and oxygen atoms in total. The molecule has 0 aromatic heterocycles. The SMILES string of the molecule is O=C1NC2C1C1C=C[C@H]2C1. The van der Waals surface area contributed by atoms with Crippen LogP contribution in [0.5, 0.6) is 0 Å². The summed E-state index contributed by atoms with van der Waals surface area (Å²) >= 11 is 0. The Bertz CT molecular complexity index is 233. The van der Waals surface area contributed by atoms with Crippen LogP contribution in [0, 0.1) is 17.8 Å². The third kappa shape index (κ3) is 0.349. The molecule has 0 spiro atoms. The summed E-state index contributed by atoms with van der Waals surface area (Å²) in [4.78, 5) is 11.0. The van der Waals surface area contributed by atoms with E-state index in [2.05, 4.69) is 17.5 Å². The Labute approximate surface area is 59.3 Å². The standard InChI is InChI=1S/C8H9NO/c10-8-6-4-1-2-5(3-4)7(6)9-8/h1-2,4-7H,3H2,(H,9,10)/t4?,5-,6?,7?/m0/s1. The summed E-state index contributed by atoms with van der Waals surface area (Å²) in [5.74, 6) is 1.90. The second-order valence-corrected chi connectivity index (χ2v) is 3.51. The molecule has 3 unspecified atom stereocenters. The number of hydrogen-bond donors (Lipinski definition) is 1. The van der Waals surface area contributed by atoms with Crippen molar-refractivity contribution >= 4 is 5.91 Å². The number of fused-ring (bicyclic) bond motifs is 5. The van der Waals surface area contributed by atoms with Crippen molar-refractivity contribution in [1.29, 1.82) is 0 Å². The summed E-state index contributed by atoms with van der Waals surface area (Å²) in [6.45, 7) is 0. The minimum Gasteiger partial charge on any atom is -0.352 e. The van der Waals surface area contributed by atoms with E-state index in [1.165, 1.54) is 6.42 Å². The zero-order valence-corrected chi connectivity index (χ0v) is 5.58. The number of carbonyl (C=O) groups excluding carboxylic acids is 1. The number of allylic oxidation sites excluding steroid dienone is 1. The highest BCUT2D eigenvalue weighted by Gasteiger charge is 2.54. The molecule has 2 aliphatic carbocycles. The summed E-state index contributed by atoms with van der Waals surface area (Å²) < 4.78 is 0. The van der Waals surface area contributed by atoms with Crippen molar-refractivity contribution in [3.8, 4) is 0 Å². The van der Waals surface area contributed by atoms with E-state index in [4.69, 9.17) is 0 Å². The molecule has 3 aliphatic rings. The topological polar surface area (TPSA) is 29.1 Å². The van der Waals surface area contributed by atoms with Crippen LogP contribution in [0.1, 0.15) is 6.42 Å². The Kier molecular flexibility index (Phi) is 0.636. The van der Waals surface area contributed by atoms with E-state index >= 15 is 0 Å². The first-order valence-electron chi connectivity index (χ1n) is 3.85. The summed E-state index contributed by atoms with van der Waals surface area (Å²) in [6.07, 6.45) is 5.68. The Morgan fingerprint density at radius 1 is 1.40 bits per heavy atom. The van der Waals surface area contributed by atoms with Gasteiger partial charge in [-0.1, -0.05) is 12.2 Å². The highest BCUT2D eigenvalue weighted by Crippen LogP contribution is 2.47. The molecule has 1 saturated heterocycles.